The first-order valence-corrected chi connectivity index (χ1v) is 8.87. The fourth-order valence-corrected chi connectivity index (χ4v) is 3.14. The molecule has 0 aliphatic carbocycles. The van der Waals surface area contributed by atoms with Crippen molar-refractivity contribution in [3.8, 4) is 5.75 Å². The van der Waals surface area contributed by atoms with Gasteiger partial charge in [0, 0.05) is 21.6 Å². The molecule has 0 spiro atoms. The molecule has 0 saturated carbocycles. The van der Waals surface area contributed by atoms with Crippen LogP contribution in [0.5, 0.6) is 5.75 Å². The molecule has 0 radical (unpaired) electrons. The number of aromatic hydroxyl groups is 1. The lowest BCUT2D eigenvalue weighted by atomic mass is 10.2. The lowest BCUT2D eigenvalue weighted by molar-refractivity contribution is -0.139. The summed E-state index contributed by atoms with van der Waals surface area (Å²) in [4.78, 5) is 23.4. The third-order valence-corrected chi connectivity index (χ3v) is 4.31. The predicted octanol–water partition coefficient (Wildman–Crippen LogP) is 3.34. The minimum atomic E-state index is -0.918. The topological polar surface area (TPSA) is 90.8 Å². The smallest absolute Gasteiger partial charge is 0.329 e. The summed E-state index contributed by atoms with van der Waals surface area (Å²) >= 11 is 12.2. The van der Waals surface area contributed by atoms with Crippen LogP contribution in [0.25, 0.3) is 0 Å². The Morgan fingerprint density at radius 2 is 1.84 bits per heavy atom. The number of hydrazone groups is 1. The molecule has 0 aromatic heterocycles. The number of benzene rings is 2. The molecule has 6 nitrogen and oxygen atoms in total. The van der Waals surface area contributed by atoms with Gasteiger partial charge in [0.2, 0.25) is 0 Å². The zero-order valence-electron chi connectivity index (χ0n) is 12.6. The largest absolute Gasteiger partial charge is 0.506 e. The van der Waals surface area contributed by atoms with Crippen LogP contribution in [0.2, 0.25) is 5.02 Å². The van der Waals surface area contributed by atoms with Gasteiger partial charge in [-0.15, -0.1) is 0 Å². The zero-order chi connectivity index (χ0) is 18.4. The van der Waals surface area contributed by atoms with Gasteiger partial charge in [0.25, 0.3) is 0 Å². The summed E-state index contributed by atoms with van der Waals surface area (Å²) in [7, 11) is 0. The summed E-state index contributed by atoms with van der Waals surface area (Å²) in [6.07, 6.45) is 1.23. The number of carbonyl (C=O) groups is 2. The Morgan fingerprint density at radius 3 is 2.52 bits per heavy atom. The van der Waals surface area contributed by atoms with Gasteiger partial charge in [-0.1, -0.05) is 39.7 Å². The Hall–Kier alpha value is -1.90. The minimum absolute atomic E-state index is 0.0339. The van der Waals surface area contributed by atoms with Crippen molar-refractivity contribution in [2.45, 2.75) is 6.54 Å². The molecule has 0 fully saturated rings. The summed E-state index contributed by atoms with van der Waals surface area (Å²) in [6.45, 7) is 0.187. The number of nitrogens with zero attached hydrogens (tertiary/aromatic N) is 1. The number of hydrogen-bond donors (Lipinski definition) is 3. The van der Waals surface area contributed by atoms with Crippen molar-refractivity contribution in [1.29, 1.82) is 0 Å². The Balaban J connectivity index is 1.89. The zero-order valence-corrected chi connectivity index (χ0v) is 16.5. The Bertz CT molecular complexity index is 826. The number of rotatable bonds is 4. The predicted molar refractivity (Wildman–Crippen MR) is 103 cm³/mol. The molecule has 0 aliphatic heterocycles. The van der Waals surface area contributed by atoms with Crippen LogP contribution in [0.3, 0.4) is 0 Å². The number of hydrogen-bond acceptors (Lipinski definition) is 4. The molecular formula is C16H12Br2ClN3O3. The first kappa shape index (κ1) is 19.4. The van der Waals surface area contributed by atoms with Crippen molar-refractivity contribution in [1.82, 2.24) is 10.7 Å². The molecule has 0 heterocycles. The number of phenolic OH excluding ortho intramolecular Hbond substituents is 1. The molecule has 9 heteroatoms. The van der Waals surface area contributed by atoms with E-state index in [9.17, 15) is 14.7 Å². The maximum Gasteiger partial charge on any atom is 0.329 e. The van der Waals surface area contributed by atoms with Crippen molar-refractivity contribution < 1.29 is 14.7 Å². The van der Waals surface area contributed by atoms with Crippen molar-refractivity contribution in [2.24, 2.45) is 5.10 Å². The number of phenols is 1. The fourth-order valence-electron chi connectivity index (χ4n) is 1.76. The lowest BCUT2D eigenvalue weighted by Gasteiger charge is -2.05. The molecule has 2 aromatic rings. The standard InChI is InChI=1S/C16H12Br2ClN3O3/c17-11-5-10(14(23)13(18)6-11)8-21-22-16(25)15(24)20-7-9-1-3-12(19)4-2-9/h1-6,8,23H,7H2,(H,20,24)(H,22,25)/b21-8+. The first-order valence-electron chi connectivity index (χ1n) is 6.90. The van der Waals surface area contributed by atoms with E-state index in [-0.39, 0.29) is 12.3 Å². The highest BCUT2D eigenvalue weighted by molar-refractivity contribution is 9.11. The van der Waals surface area contributed by atoms with E-state index < -0.39 is 11.8 Å². The molecule has 0 saturated heterocycles. The number of carbonyl (C=O) groups excluding carboxylic acids is 2. The number of amides is 2. The summed E-state index contributed by atoms with van der Waals surface area (Å²) in [6, 6.07) is 10.1. The molecular weight excluding hydrogens is 477 g/mol. The second-order valence-electron chi connectivity index (χ2n) is 4.83. The van der Waals surface area contributed by atoms with E-state index in [1.54, 1.807) is 36.4 Å². The van der Waals surface area contributed by atoms with E-state index in [2.05, 4.69) is 47.7 Å². The van der Waals surface area contributed by atoms with Crippen molar-refractivity contribution in [3.63, 3.8) is 0 Å². The van der Waals surface area contributed by atoms with Gasteiger partial charge < -0.3 is 10.4 Å². The average molecular weight is 490 g/mol. The summed E-state index contributed by atoms with van der Waals surface area (Å²) in [5.74, 6) is -1.78. The van der Waals surface area contributed by atoms with Crippen LogP contribution in [-0.4, -0.2) is 23.1 Å². The highest BCUT2D eigenvalue weighted by atomic mass is 79.9. The molecule has 25 heavy (non-hydrogen) atoms. The van der Waals surface area contributed by atoms with Gasteiger partial charge in [0.1, 0.15) is 5.75 Å². The molecule has 130 valence electrons. The molecule has 0 bridgehead atoms. The third-order valence-electron chi connectivity index (χ3n) is 3.00. The van der Waals surface area contributed by atoms with E-state index in [4.69, 9.17) is 11.6 Å². The second kappa shape index (κ2) is 8.98. The quantitative estimate of drug-likeness (QED) is 0.350. The summed E-state index contributed by atoms with van der Waals surface area (Å²) in [5.41, 5.74) is 3.27. The SMILES string of the molecule is O=C(NCc1ccc(Cl)cc1)C(=O)N/N=C/c1cc(Br)cc(Br)c1O. The molecule has 0 unspecified atom stereocenters. The second-order valence-corrected chi connectivity index (χ2v) is 7.04. The molecule has 2 aromatic carbocycles. The van der Waals surface area contributed by atoms with Gasteiger partial charge in [-0.25, -0.2) is 5.43 Å². The normalized spacial score (nSPS) is 10.7. The van der Waals surface area contributed by atoms with E-state index >= 15 is 0 Å². The van der Waals surface area contributed by atoms with E-state index in [0.29, 0.717) is 19.5 Å². The fraction of sp³-hybridized carbons (Fsp3) is 0.0625. The van der Waals surface area contributed by atoms with Gasteiger partial charge in [-0.05, 0) is 45.8 Å². The van der Waals surface area contributed by atoms with E-state index in [1.165, 1.54) is 6.21 Å². The highest BCUT2D eigenvalue weighted by Gasteiger charge is 2.12. The van der Waals surface area contributed by atoms with Gasteiger partial charge in [-0.3, -0.25) is 9.59 Å². The molecule has 2 rings (SSSR count). The van der Waals surface area contributed by atoms with Crippen LogP contribution in [0.1, 0.15) is 11.1 Å². The molecule has 2 amide bonds. The van der Waals surface area contributed by atoms with Gasteiger partial charge in [0.15, 0.2) is 0 Å². The number of nitrogens with one attached hydrogen (secondary N) is 2. The minimum Gasteiger partial charge on any atom is -0.506 e. The lowest BCUT2D eigenvalue weighted by Crippen LogP contribution is -2.37. The Labute approximate surface area is 165 Å². The molecule has 3 N–H and O–H groups in total. The van der Waals surface area contributed by atoms with E-state index in [0.717, 1.165) is 5.56 Å². The Kier molecular flexibility index (Phi) is 6.98. The van der Waals surface area contributed by atoms with Crippen molar-refractivity contribution in [3.05, 3.63) is 61.5 Å². The summed E-state index contributed by atoms with van der Waals surface area (Å²) in [5, 5.41) is 16.6. The molecule has 0 atom stereocenters. The maximum absolute atomic E-state index is 11.7. The van der Waals surface area contributed by atoms with Crippen LogP contribution < -0.4 is 10.7 Å². The third kappa shape index (κ3) is 5.84. The average Bonchev–Trinajstić information content (AvgIpc) is 2.58. The summed E-state index contributed by atoms with van der Waals surface area (Å²) < 4.78 is 1.18. The van der Waals surface area contributed by atoms with Crippen LogP contribution in [0.15, 0.2) is 50.4 Å². The monoisotopic (exact) mass is 487 g/mol. The maximum atomic E-state index is 11.7. The van der Waals surface area contributed by atoms with Crippen molar-refractivity contribution >= 4 is 61.5 Å². The van der Waals surface area contributed by atoms with Gasteiger partial charge >= 0.3 is 11.8 Å². The highest BCUT2D eigenvalue weighted by Crippen LogP contribution is 2.30. The van der Waals surface area contributed by atoms with E-state index in [1.807, 2.05) is 0 Å². The van der Waals surface area contributed by atoms with Crippen LogP contribution in [0, 0.1) is 0 Å². The van der Waals surface area contributed by atoms with Crippen LogP contribution in [0.4, 0.5) is 0 Å². The first-order chi connectivity index (χ1) is 11.9. The Morgan fingerprint density at radius 1 is 1.16 bits per heavy atom. The number of halogens is 3. The van der Waals surface area contributed by atoms with Crippen LogP contribution >= 0.6 is 43.5 Å². The van der Waals surface area contributed by atoms with Crippen molar-refractivity contribution in [2.75, 3.05) is 0 Å². The van der Waals surface area contributed by atoms with Gasteiger partial charge in [-0.2, -0.15) is 5.10 Å². The van der Waals surface area contributed by atoms with Crippen LogP contribution in [-0.2, 0) is 16.1 Å². The molecule has 0 aliphatic rings. The van der Waals surface area contributed by atoms with Gasteiger partial charge in [0.05, 0.1) is 10.7 Å².